The van der Waals surface area contributed by atoms with Gasteiger partial charge in [0.05, 0.1) is 6.61 Å². The van der Waals surface area contributed by atoms with Crippen LogP contribution in [0.2, 0.25) is 0 Å². The molecule has 1 heterocycles. The third-order valence-electron chi connectivity index (χ3n) is 4.19. The Balaban J connectivity index is 1.67. The van der Waals surface area contributed by atoms with Gasteiger partial charge in [-0.05, 0) is 48.9 Å². The molecule has 2 N–H and O–H groups in total. The molecule has 0 aliphatic carbocycles. The molecule has 5 heteroatoms. The average molecular weight is 328 g/mol. The number of nitrogens with zero attached hydrogens (tertiary/aromatic N) is 1. The van der Waals surface area contributed by atoms with Crippen molar-refractivity contribution in [2.45, 2.75) is 13.0 Å². The van der Waals surface area contributed by atoms with Crippen molar-refractivity contribution < 1.29 is 14.6 Å². The maximum absolute atomic E-state index is 9.01. The highest BCUT2D eigenvalue weighted by atomic mass is 16.6. The number of anilines is 2. The standard InChI is InChI=1S/C19H24N2O3/c1-14(15-3-8-18-19(13-15)24-12-11-23-18)20-16-4-6-17(7-5-16)21(2)9-10-22/h3-8,13-14,20,22H,9-12H2,1-2H3. The molecule has 24 heavy (non-hydrogen) atoms. The molecule has 0 radical (unpaired) electrons. The summed E-state index contributed by atoms with van der Waals surface area (Å²) in [6.45, 7) is 4.10. The number of benzene rings is 2. The Morgan fingerprint density at radius 2 is 1.79 bits per heavy atom. The molecule has 2 aromatic rings. The van der Waals surface area contributed by atoms with Crippen LogP contribution in [-0.4, -0.2) is 38.5 Å². The van der Waals surface area contributed by atoms with E-state index >= 15 is 0 Å². The maximum atomic E-state index is 9.01. The molecule has 0 saturated carbocycles. The maximum Gasteiger partial charge on any atom is 0.161 e. The Hall–Kier alpha value is -2.40. The summed E-state index contributed by atoms with van der Waals surface area (Å²) in [5, 5.41) is 12.5. The minimum absolute atomic E-state index is 0.150. The van der Waals surface area contributed by atoms with Gasteiger partial charge < -0.3 is 24.8 Å². The average Bonchev–Trinajstić information content (AvgIpc) is 2.62. The lowest BCUT2D eigenvalue weighted by atomic mass is 10.1. The topological polar surface area (TPSA) is 54.0 Å². The molecule has 2 aromatic carbocycles. The lowest BCUT2D eigenvalue weighted by Crippen LogP contribution is -2.20. The molecule has 1 aliphatic rings. The molecule has 5 nitrogen and oxygen atoms in total. The molecular formula is C19H24N2O3. The van der Waals surface area contributed by atoms with E-state index in [0.717, 1.165) is 28.4 Å². The summed E-state index contributed by atoms with van der Waals surface area (Å²) in [6, 6.07) is 14.4. The van der Waals surface area contributed by atoms with Gasteiger partial charge in [-0.1, -0.05) is 6.07 Å². The molecule has 0 fully saturated rings. The number of rotatable bonds is 6. The van der Waals surface area contributed by atoms with E-state index in [-0.39, 0.29) is 12.6 Å². The number of ether oxygens (including phenoxy) is 2. The molecule has 3 rings (SSSR count). The van der Waals surface area contributed by atoms with E-state index in [4.69, 9.17) is 14.6 Å². The van der Waals surface area contributed by atoms with Crippen molar-refractivity contribution in [2.75, 3.05) is 43.6 Å². The molecule has 1 unspecified atom stereocenters. The number of likely N-dealkylation sites (N-methyl/N-ethyl adjacent to an activating group) is 1. The Kier molecular flexibility index (Phi) is 5.11. The minimum atomic E-state index is 0.150. The van der Waals surface area contributed by atoms with Gasteiger partial charge in [0.25, 0.3) is 0 Å². The van der Waals surface area contributed by atoms with Crippen LogP contribution in [0.4, 0.5) is 11.4 Å². The summed E-state index contributed by atoms with van der Waals surface area (Å²) in [5.74, 6) is 1.63. The number of fused-ring (bicyclic) bond motifs is 1. The summed E-state index contributed by atoms with van der Waals surface area (Å²) >= 11 is 0. The molecule has 0 aromatic heterocycles. The highest BCUT2D eigenvalue weighted by molar-refractivity contribution is 5.56. The first-order valence-corrected chi connectivity index (χ1v) is 8.25. The van der Waals surface area contributed by atoms with E-state index in [1.807, 2.05) is 24.1 Å². The van der Waals surface area contributed by atoms with Crippen LogP contribution < -0.4 is 19.7 Å². The van der Waals surface area contributed by atoms with Crippen molar-refractivity contribution in [3.63, 3.8) is 0 Å². The predicted octanol–water partition coefficient (Wildman–Crippen LogP) is 3.06. The van der Waals surface area contributed by atoms with Crippen LogP contribution in [-0.2, 0) is 0 Å². The Bertz CT molecular complexity index is 673. The highest BCUT2D eigenvalue weighted by Crippen LogP contribution is 2.33. The van der Waals surface area contributed by atoms with E-state index in [1.54, 1.807) is 0 Å². The third-order valence-corrected chi connectivity index (χ3v) is 4.19. The van der Waals surface area contributed by atoms with Crippen LogP contribution in [0, 0.1) is 0 Å². The quantitative estimate of drug-likeness (QED) is 0.853. The zero-order chi connectivity index (χ0) is 16.9. The predicted molar refractivity (Wildman–Crippen MR) is 96.3 cm³/mol. The summed E-state index contributed by atoms with van der Waals surface area (Å²) < 4.78 is 11.2. The van der Waals surface area contributed by atoms with Crippen LogP contribution in [0.25, 0.3) is 0 Å². The lowest BCUT2D eigenvalue weighted by Gasteiger charge is -2.22. The van der Waals surface area contributed by atoms with Crippen LogP contribution in [0.15, 0.2) is 42.5 Å². The van der Waals surface area contributed by atoms with Gasteiger partial charge in [-0.2, -0.15) is 0 Å². The number of hydrogen-bond acceptors (Lipinski definition) is 5. The summed E-state index contributed by atoms with van der Waals surface area (Å²) in [7, 11) is 1.97. The second-order valence-corrected chi connectivity index (χ2v) is 5.96. The van der Waals surface area contributed by atoms with Gasteiger partial charge in [-0.25, -0.2) is 0 Å². The zero-order valence-electron chi connectivity index (χ0n) is 14.2. The molecular weight excluding hydrogens is 304 g/mol. The first-order chi connectivity index (χ1) is 11.7. The van der Waals surface area contributed by atoms with E-state index in [1.165, 1.54) is 0 Å². The van der Waals surface area contributed by atoms with Crippen molar-refractivity contribution in [1.29, 1.82) is 0 Å². The number of hydrogen-bond donors (Lipinski definition) is 2. The fourth-order valence-electron chi connectivity index (χ4n) is 2.75. The van der Waals surface area contributed by atoms with Crippen molar-refractivity contribution >= 4 is 11.4 Å². The van der Waals surface area contributed by atoms with E-state index < -0.39 is 0 Å². The first kappa shape index (κ1) is 16.5. The second kappa shape index (κ2) is 7.45. The summed E-state index contributed by atoms with van der Waals surface area (Å²) in [5.41, 5.74) is 3.29. The van der Waals surface area contributed by atoms with Crippen LogP contribution in [0.5, 0.6) is 11.5 Å². The summed E-state index contributed by atoms with van der Waals surface area (Å²) in [4.78, 5) is 2.02. The van der Waals surface area contributed by atoms with Gasteiger partial charge in [0.2, 0.25) is 0 Å². The smallest absolute Gasteiger partial charge is 0.161 e. The first-order valence-electron chi connectivity index (χ1n) is 8.25. The van der Waals surface area contributed by atoms with Crippen molar-refractivity contribution in [3.05, 3.63) is 48.0 Å². The zero-order valence-corrected chi connectivity index (χ0v) is 14.2. The molecule has 128 valence electrons. The molecule has 1 aliphatic heterocycles. The highest BCUT2D eigenvalue weighted by Gasteiger charge is 2.14. The van der Waals surface area contributed by atoms with Crippen LogP contribution in [0.3, 0.4) is 0 Å². The van der Waals surface area contributed by atoms with Gasteiger partial charge in [-0.15, -0.1) is 0 Å². The fraction of sp³-hybridized carbons (Fsp3) is 0.368. The molecule has 1 atom stereocenters. The second-order valence-electron chi connectivity index (χ2n) is 5.96. The number of nitrogens with one attached hydrogen (secondary N) is 1. The molecule has 0 bridgehead atoms. The van der Waals surface area contributed by atoms with Crippen molar-refractivity contribution in [3.8, 4) is 11.5 Å². The van der Waals surface area contributed by atoms with Gasteiger partial charge in [0, 0.05) is 31.0 Å². The largest absolute Gasteiger partial charge is 0.486 e. The number of aliphatic hydroxyl groups excluding tert-OH is 1. The van der Waals surface area contributed by atoms with Crippen LogP contribution in [0.1, 0.15) is 18.5 Å². The van der Waals surface area contributed by atoms with E-state index in [2.05, 4.69) is 42.6 Å². The Morgan fingerprint density at radius 3 is 2.50 bits per heavy atom. The van der Waals surface area contributed by atoms with Gasteiger partial charge in [0.1, 0.15) is 13.2 Å². The van der Waals surface area contributed by atoms with Crippen LogP contribution >= 0.6 is 0 Å². The van der Waals surface area contributed by atoms with Gasteiger partial charge in [-0.3, -0.25) is 0 Å². The Labute approximate surface area is 142 Å². The Morgan fingerprint density at radius 1 is 1.08 bits per heavy atom. The van der Waals surface area contributed by atoms with Crippen molar-refractivity contribution in [1.82, 2.24) is 0 Å². The van der Waals surface area contributed by atoms with Crippen molar-refractivity contribution in [2.24, 2.45) is 0 Å². The SMILES string of the molecule is CC(Nc1ccc(N(C)CCO)cc1)c1ccc2c(c1)OCCO2. The van der Waals surface area contributed by atoms with Gasteiger partial charge >= 0.3 is 0 Å². The summed E-state index contributed by atoms with van der Waals surface area (Å²) in [6.07, 6.45) is 0. The third kappa shape index (κ3) is 3.74. The molecule has 0 spiro atoms. The van der Waals surface area contributed by atoms with Gasteiger partial charge in [0.15, 0.2) is 11.5 Å². The normalized spacial score (nSPS) is 14.1. The lowest BCUT2D eigenvalue weighted by molar-refractivity contribution is 0.171. The van der Waals surface area contributed by atoms with E-state index in [9.17, 15) is 0 Å². The minimum Gasteiger partial charge on any atom is -0.486 e. The molecule has 0 saturated heterocycles. The molecule has 0 amide bonds. The van der Waals surface area contributed by atoms with E-state index in [0.29, 0.717) is 19.8 Å². The monoisotopic (exact) mass is 328 g/mol. The number of aliphatic hydroxyl groups is 1. The fourth-order valence-corrected chi connectivity index (χ4v) is 2.75.